The molecular formula is C16H13ClO3. The molecule has 1 atom stereocenters. The van der Waals surface area contributed by atoms with Crippen LogP contribution in [0.5, 0.6) is 5.75 Å². The summed E-state index contributed by atoms with van der Waals surface area (Å²) in [4.78, 5) is 11.6. The molecule has 102 valence electrons. The van der Waals surface area contributed by atoms with E-state index in [-0.39, 0.29) is 11.3 Å². The molecule has 0 saturated carbocycles. The molecule has 0 bridgehead atoms. The molecule has 0 radical (unpaired) electrons. The number of alkyl halides is 1. The van der Waals surface area contributed by atoms with Crippen LogP contribution in [0.4, 0.5) is 0 Å². The van der Waals surface area contributed by atoms with Gasteiger partial charge in [0.15, 0.2) is 0 Å². The maximum absolute atomic E-state index is 11.6. The van der Waals surface area contributed by atoms with Gasteiger partial charge in [-0.1, -0.05) is 24.3 Å². The number of rotatable bonds is 1. The van der Waals surface area contributed by atoms with Gasteiger partial charge in [0, 0.05) is 5.56 Å². The van der Waals surface area contributed by atoms with Gasteiger partial charge >= 0.3 is 5.97 Å². The molecule has 0 aromatic heterocycles. The van der Waals surface area contributed by atoms with Crippen molar-refractivity contribution < 1.29 is 14.3 Å². The minimum Gasteiger partial charge on any atom is -0.489 e. The Balaban J connectivity index is 2.11. The third-order valence-electron chi connectivity index (χ3n) is 3.42. The monoisotopic (exact) mass is 288 g/mol. The minimum atomic E-state index is -0.380. The molecule has 4 heteroatoms. The number of esters is 1. The van der Waals surface area contributed by atoms with Gasteiger partial charge in [-0.2, -0.15) is 0 Å². The molecule has 0 aliphatic carbocycles. The van der Waals surface area contributed by atoms with Crippen LogP contribution in [-0.2, 0) is 11.3 Å². The van der Waals surface area contributed by atoms with E-state index in [0.717, 1.165) is 16.7 Å². The highest BCUT2D eigenvalue weighted by atomic mass is 35.5. The zero-order valence-corrected chi connectivity index (χ0v) is 11.7. The van der Waals surface area contributed by atoms with Gasteiger partial charge < -0.3 is 9.47 Å². The van der Waals surface area contributed by atoms with E-state index >= 15 is 0 Å². The summed E-state index contributed by atoms with van der Waals surface area (Å²) in [5.74, 6) is 0.322. The summed E-state index contributed by atoms with van der Waals surface area (Å²) in [5.41, 5.74) is 3.33. The predicted octanol–water partition coefficient (Wildman–Crippen LogP) is 3.69. The Morgan fingerprint density at radius 1 is 1.25 bits per heavy atom. The van der Waals surface area contributed by atoms with Gasteiger partial charge in [0.1, 0.15) is 12.4 Å². The molecule has 1 aliphatic heterocycles. The average molecular weight is 289 g/mol. The van der Waals surface area contributed by atoms with Crippen molar-refractivity contribution in [1.82, 2.24) is 0 Å². The lowest BCUT2D eigenvalue weighted by Crippen LogP contribution is -2.03. The zero-order valence-electron chi connectivity index (χ0n) is 10.9. The highest BCUT2D eigenvalue weighted by Gasteiger charge is 2.23. The van der Waals surface area contributed by atoms with Gasteiger partial charge in [0.25, 0.3) is 0 Å². The van der Waals surface area contributed by atoms with E-state index in [1.807, 2.05) is 24.3 Å². The molecule has 2 aromatic carbocycles. The van der Waals surface area contributed by atoms with Gasteiger partial charge in [-0.3, -0.25) is 0 Å². The number of carbonyl (C=O) groups is 1. The first-order valence-electron chi connectivity index (χ1n) is 6.27. The summed E-state index contributed by atoms with van der Waals surface area (Å²) >= 11 is 6.57. The van der Waals surface area contributed by atoms with Crippen LogP contribution in [-0.4, -0.2) is 13.1 Å². The van der Waals surface area contributed by atoms with E-state index in [9.17, 15) is 4.79 Å². The summed E-state index contributed by atoms with van der Waals surface area (Å²) in [6.45, 7) is 0.476. The topological polar surface area (TPSA) is 35.5 Å². The quantitative estimate of drug-likeness (QED) is 0.593. The second kappa shape index (κ2) is 5.17. The number of hydrogen-bond acceptors (Lipinski definition) is 3. The summed E-state index contributed by atoms with van der Waals surface area (Å²) in [7, 11) is 1.36. The highest BCUT2D eigenvalue weighted by Crippen LogP contribution is 2.40. The summed E-state index contributed by atoms with van der Waals surface area (Å²) in [5, 5.41) is -0.340. The van der Waals surface area contributed by atoms with Gasteiger partial charge in [-0.25, -0.2) is 4.79 Å². The van der Waals surface area contributed by atoms with Crippen LogP contribution in [0.15, 0.2) is 42.5 Å². The van der Waals surface area contributed by atoms with E-state index in [1.165, 1.54) is 7.11 Å². The van der Waals surface area contributed by atoms with Crippen LogP contribution in [0.1, 0.15) is 32.4 Å². The maximum atomic E-state index is 11.6. The van der Waals surface area contributed by atoms with Crippen molar-refractivity contribution in [2.24, 2.45) is 0 Å². The molecule has 3 nitrogen and oxygen atoms in total. The summed E-state index contributed by atoms with van der Waals surface area (Å²) in [6, 6.07) is 13.1. The standard InChI is InChI=1S/C16H13ClO3/c1-19-16(18)10-6-7-14-13(8-10)15(17)12-5-3-2-4-11(12)9-20-14/h2-8,15H,9H2,1H3. The van der Waals surface area contributed by atoms with Crippen LogP contribution in [0.2, 0.25) is 0 Å². The summed E-state index contributed by atoms with van der Waals surface area (Å²) < 4.78 is 10.5. The number of carbonyl (C=O) groups excluding carboxylic acids is 1. The van der Waals surface area contributed by atoms with Crippen LogP contribution >= 0.6 is 11.6 Å². The molecule has 0 fully saturated rings. The Labute approximate surface area is 122 Å². The summed E-state index contributed by atoms with van der Waals surface area (Å²) in [6.07, 6.45) is 0. The smallest absolute Gasteiger partial charge is 0.337 e. The largest absolute Gasteiger partial charge is 0.489 e. The Kier molecular flexibility index (Phi) is 3.36. The lowest BCUT2D eigenvalue weighted by Gasteiger charge is -2.12. The number of fused-ring (bicyclic) bond motifs is 2. The fraction of sp³-hybridized carbons (Fsp3) is 0.188. The number of ether oxygens (including phenoxy) is 2. The molecule has 0 amide bonds. The van der Waals surface area contributed by atoms with Crippen LogP contribution in [0.3, 0.4) is 0 Å². The Bertz CT molecular complexity index is 667. The Morgan fingerprint density at radius 2 is 2.05 bits per heavy atom. The van der Waals surface area contributed by atoms with Crippen molar-refractivity contribution in [3.8, 4) is 5.75 Å². The molecular weight excluding hydrogens is 276 g/mol. The van der Waals surface area contributed by atoms with Crippen molar-refractivity contribution >= 4 is 17.6 Å². The van der Waals surface area contributed by atoms with E-state index in [0.29, 0.717) is 17.9 Å². The van der Waals surface area contributed by atoms with E-state index in [2.05, 4.69) is 0 Å². The maximum Gasteiger partial charge on any atom is 0.337 e. The first kappa shape index (κ1) is 13.0. The molecule has 1 heterocycles. The van der Waals surface area contributed by atoms with E-state index in [1.54, 1.807) is 18.2 Å². The van der Waals surface area contributed by atoms with Gasteiger partial charge in [0.2, 0.25) is 0 Å². The van der Waals surface area contributed by atoms with Crippen LogP contribution in [0, 0.1) is 0 Å². The Hall–Kier alpha value is -2.00. The molecule has 1 unspecified atom stereocenters. The molecule has 20 heavy (non-hydrogen) atoms. The van der Waals surface area contributed by atoms with Crippen molar-refractivity contribution in [3.05, 3.63) is 64.7 Å². The van der Waals surface area contributed by atoms with Gasteiger partial charge in [0.05, 0.1) is 18.1 Å². The number of hydrogen-bond donors (Lipinski definition) is 0. The second-order valence-electron chi connectivity index (χ2n) is 4.59. The number of methoxy groups -OCH3 is 1. The lowest BCUT2D eigenvalue weighted by atomic mass is 9.99. The van der Waals surface area contributed by atoms with E-state index in [4.69, 9.17) is 21.1 Å². The normalized spacial score (nSPS) is 16.4. The van der Waals surface area contributed by atoms with Crippen LogP contribution in [0.25, 0.3) is 0 Å². The molecule has 3 rings (SSSR count). The van der Waals surface area contributed by atoms with Crippen molar-refractivity contribution in [1.29, 1.82) is 0 Å². The molecule has 0 saturated heterocycles. The first-order chi connectivity index (χ1) is 9.70. The van der Waals surface area contributed by atoms with Gasteiger partial charge in [-0.15, -0.1) is 11.6 Å². The Morgan fingerprint density at radius 3 is 2.85 bits per heavy atom. The molecule has 2 aromatic rings. The third-order valence-corrected chi connectivity index (χ3v) is 3.89. The zero-order chi connectivity index (χ0) is 14.1. The predicted molar refractivity (Wildman–Crippen MR) is 76.3 cm³/mol. The molecule has 0 spiro atoms. The number of halogens is 1. The first-order valence-corrected chi connectivity index (χ1v) is 6.71. The molecule has 1 aliphatic rings. The lowest BCUT2D eigenvalue weighted by molar-refractivity contribution is 0.0600. The van der Waals surface area contributed by atoms with E-state index < -0.39 is 0 Å². The fourth-order valence-electron chi connectivity index (χ4n) is 2.36. The minimum absolute atomic E-state index is 0.340. The van der Waals surface area contributed by atoms with Crippen LogP contribution < -0.4 is 4.74 Å². The number of benzene rings is 2. The third kappa shape index (κ3) is 2.14. The fourth-order valence-corrected chi connectivity index (χ4v) is 2.74. The average Bonchev–Trinajstić information content (AvgIpc) is 2.64. The van der Waals surface area contributed by atoms with Crippen molar-refractivity contribution in [2.75, 3.05) is 7.11 Å². The van der Waals surface area contributed by atoms with Crippen molar-refractivity contribution in [3.63, 3.8) is 0 Å². The SMILES string of the molecule is COC(=O)c1ccc2c(c1)C(Cl)c1ccccc1CO2. The van der Waals surface area contributed by atoms with Gasteiger partial charge in [-0.05, 0) is 29.3 Å². The molecule has 0 N–H and O–H groups in total. The second-order valence-corrected chi connectivity index (χ2v) is 5.03. The highest BCUT2D eigenvalue weighted by molar-refractivity contribution is 6.23. The van der Waals surface area contributed by atoms with Crippen molar-refractivity contribution in [2.45, 2.75) is 12.0 Å².